The smallest absolute Gasteiger partial charge is 0.388 e. The standard InChI is InChI=1S/C12H14F4O3S/c1-20(18,19)4-2-3-11(17)8-5-9(12(14,15)16)7-10(13)6-8/h5-7,11,17H,2-4H2,1H3. The summed E-state index contributed by atoms with van der Waals surface area (Å²) in [5, 5.41) is 9.70. The summed E-state index contributed by atoms with van der Waals surface area (Å²) in [5.41, 5.74) is -1.40. The van der Waals surface area contributed by atoms with Gasteiger partial charge >= 0.3 is 6.18 Å². The number of hydrogen-bond donors (Lipinski definition) is 1. The Hall–Kier alpha value is -1.15. The van der Waals surface area contributed by atoms with E-state index in [1.165, 1.54) is 0 Å². The number of hydrogen-bond acceptors (Lipinski definition) is 3. The molecular formula is C12H14F4O3S. The molecule has 0 aliphatic rings. The van der Waals surface area contributed by atoms with Gasteiger partial charge in [-0.05, 0) is 36.6 Å². The normalized spacial score (nSPS) is 14.3. The number of aliphatic hydroxyl groups excluding tert-OH is 1. The highest BCUT2D eigenvalue weighted by atomic mass is 32.2. The zero-order valence-corrected chi connectivity index (χ0v) is 11.4. The van der Waals surface area contributed by atoms with Gasteiger partial charge in [0.1, 0.15) is 15.7 Å². The summed E-state index contributed by atoms with van der Waals surface area (Å²) in [6.45, 7) is 0. The monoisotopic (exact) mass is 314 g/mol. The minimum Gasteiger partial charge on any atom is -0.388 e. The lowest BCUT2D eigenvalue weighted by Gasteiger charge is -2.14. The number of rotatable bonds is 5. The maximum Gasteiger partial charge on any atom is 0.416 e. The molecule has 0 aliphatic heterocycles. The van der Waals surface area contributed by atoms with Crippen molar-refractivity contribution in [2.75, 3.05) is 12.0 Å². The summed E-state index contributed by atoms with van der Waals surface area (Å²) in [5.74, 6) is -1.29. The van der Waals surface area contributed by atoms with Crippen molar-refractivity contribution in [3.63, 3.8) is 0 Å². The van der Waals surface area contributed by atoms with E-state index in [4.69, 9.17) is 0 Å². The molecule has 0 saturated carbocycles. The highest BCUT2D eigenvalue weighted by Gasteiger charge is 2.31. The lowest BCUT2D eigenvalue weighted by molar-refractivity contribution is -0.137. The average Bonchev–Trinajstić information content (AvgIpc) is 2.25. The molecule has 0 fully saturated rings. The molecular weight excluding hydrogens is 300 g/mol. The fraction of sp³-hybridized carbons (Fsp3) is 0.500. The van der Waals surface area contributed by atoms with Gasteiger partial charge < -0.3 is 5.11 Å². The molecule has 1 atom stereocenters. The van der Waals surface area contributed by atoms with Crippen LogP contribution in [0.15, 0.2) is 18.2 Å². The summed E-state index contributed by atoms with van der Waals surface area (Å²) in [6.07, 6.45) is -5.01. The van der Waals surface area contributed by atoms with E-state index in [0.717, 1.165) is 12.3 Å². The van der Waals surface area contributed by atoms with Crippen LogP contribution < -0.4 is 0 Å². The Morgan fingerprint density at radius 3 is 2.35 bits per heavy atom. The molecule has 0 heterocycles. The van der Waals surface area contributed by atoms with Gasteiger partial charge in [-0.2, -0.15) is 13.2 Å². The van der Waals surface area contributed by atoms with Crippen LogP contribution in [0.1, 0.15) is 30.1 Å². The number of sulfone groups is 1. The summed E-state index contributed by atoms with van der Waals surface area (Å²) in [6, 6.07) is 1.81. The molecule has 0 aliphatic carbocycles. The molecule has 8 heteroatoms. The van der Waals surface area contributed by atoms with Crippen molar-refractivity contribution in [3.05, 3.63) is 35.1 Å². The molecule has 0 aromatic heterocycles. The van der Waals surface area contributed by atoms with E-state index in [-0.39, 0.29) is 24.2 Å². The zero-order chi connectivity index (χ0) is 15.6. The Balaban J connectivity index is 2.83. The van der Waals surface area contributed by atoms with Crippen LogP contribution in [0.5, 0.6) is 0 Å². The molecule has 1 aromatic carbocycles. The van der Waals surface area contributed by atoms with Gasteiger partial charge in [0.2, 0.25) is 0 Å². The first-order valence-corrected chi connectivity index (χ1v) is 7.78. The molecule has 1 unspecified atom stereocenters. The topological polar surface area (TPSA) is 54.4 Å². The first kappa shape index (κ1) is 16.9. The van der Waals surface area contributed by atoms with Crippen LogP contribution in [0.2, 0.25) is 0 Å². The van der Waals surface area contributed by atoms with Gasteiger partial charge in [-0.3, -0.25) is 0 Å². The van der Waals surface area contributed by atoms with Gasteiger partial charge in [-0.1, -0.05) is 0 Å². The first-order chi connectivity index (χ1) is 8.99. The third-order valence-corrected chi connectivity index (χ3v) is 3.66. The SMILES string of the molecule is CS(=O)(=O)CCCC(O)c1cc(F)cc(C(F)(F)F)c1. The lowest BCUT2D eigenvalue weighted by Crippen LogP contribution is -2.09. The summed E-state index contributed by atoms with van der Waals surface area (Å²) in [7, 11) is -3.21. The van der Waals surface area contributed by atoms with Crippen LogP contribution >= 0.6 is 0 Å². The van der Waals surface area contributed by atoms with E-state index in [1.807, 2.05) is 0 Å². The quantitative estimate of drug-likeness (QED) is 0.850. The molecule has 0 spiro atoms. The predicted octanol–water partition coefficient (Wildman–Crippen LogP) is 2.70. The molecule has 20 heavy (non-hydrogen) atoms. The summed E-state index contributed by atoms with van der Waals surface area (Å²) >= 11 is 0. The molecule has 1 aromatic rings. The number of halogens is 4. The van der Waals surface area contributed by atoms with Gasteiger partial charge in [0.05, 0.1) is 11.7 Å². The van der Waals surface area contributed by atoms with Crippen molar-refractivity contribution < 1.29 is 31.1 Å². The fourth-order valence-electron chi connectivity index (χ4n) is 1.67. The van der Waals surface area contributed by atoms with Crippen molar-refractivity contribution in [3.8, 4) is 0 Å². The van der Waals surface area contributed by atoms with Crippen molar-refractivity contribution in [2.24, 2.45) is 0 Å². The van der Waals surface area contributed by atoms with E-state index in [9.17, 15) is 31.1 Å². The van der Waals surface area contributed by atoms with Crippen LogP contribution in [0.4, 0.5) is 17.6 Å². The Morgan fingerprint density at radius 2 is 1.85 bits per heavy atom. The average molecular weight is 314 g/mol. The lowest BCUT2D eigenvalue weighted by atomic mass is 10.0. The maximum atomic E-state index is 13.1. The van der Waals surface area contributed by atoms with E-state index in [0.29, 0.717) is 12.1 Å². The Kier molecular flexibility index (Phi) is 5.15. The number of aliphatic hydroxyl groups is 1. The first-order valence-electron chi connectivity index (χ1n) is 5.72. The molecule has 3 nitrogen and oxygen atoms in total. The molecule has 0 amide bonds. The predicted molar refractivity (Wildman–Crippen MR) is 65.3 cm³/mol. The largest absolute Gasteiger partial charge is 0.416 e. The summed E-state index contributed by atoms with van der Waals surface area (Å²) < 4.78 is 72.4. The minimum atomic E-state index is -4.71. The molecule has 0 saturated heterocycles. The number of alkyl halides is 3. The third kappa shape index (κ3) is 5.46. The second kappa shape index (κ2) is 6.09. The van der Waals surface area contributed by atoms with Crippen LogP contribution in [-0.4, -0.2) is 25.5 Å². The van der Waals surface area contributed by atoms with E-state index in [2.05, 4.69) is 0 Å². The van der Waals surface area contributed by atoms with E-state index in [1.54, 1.807) is 0 Å². The van der Waals surface area contributed by atoms with Crippen molar-refractivity contribution in [2.45, 2.75) is 25.1 Å². The van der Waals surface area contributed by atoms with Crippen molar-refractivity contribution >= 4 is 9.84 Å². The van der Waals surface area contributed by atoms with Gasteiger partial charge in [-0.15, -0.1) is 0 Å². The molecule has 0 bridgehead atoms. The maximum absolute atomic E-state index is 13.1. The second-order valence-electron chi connectivity index (χ2n) is 4.56. The third-order valence-electron chi connectivity index (χ3n) is 2.62. The van der Waals surface area contributed by atoms with Crippen LogP contribution in [-0.2, 0) is 16.0 Å². The summed E-state index contributed by atoms with van der Waals surface area (Å²) in [4.78, 5) is 0. The molecule has 114 valence electrons. The van der Waals surface area contributed by atoms with Gasteiger partial charge in [0, 0.05) is 12.0 Å². The second-order valence-corrected chi connectivity index (χ2v) is 6.82. The van der Waals surface area contributed by atoms with E-state index >= 15 is 0 Å². The van der Waals surface area contributed by atoms with Crippen LogP contribution in [0, 0.1) is 5.82 Å². The van der Waals surface area contributed by atoms with E-state index < -0.39 is 33.5 Å². The molecule has 1 N–H and O–H groups in total. The van der Waals surface area contributed by atoms with Gasteiger partial charge in [0.15, 0.2) is 0 Å². The van der Waals surface area contributed by atoms with Crippen molar-refractivity contribution in [1.29, 1.82) is 0 Å². The fourth-order valence-corrected chi connectivity index (χ4v) is 2.36. The number of benzene rings is 1. The highest BCUT2D eigenvalue weighted by molar-refractivity contribution is 7.90. The van der Waals surface area contributed by atoms with Crippen molar-refractivity contribution in [1.82, 2.24) is 0 Å². The molecule has 1 rings (SSSR count). The Morgan fingerprint density at radius 1 is 1.25 bits per heavy atom. The molecule has 0 radical (unpaired) electrons. The van der Waals surface area contributed by atoms with Gasteiger partial charge in [-0.25, -0.2) is 12.8 Å². The Bertz CT molecular complexity index is 567. The highest BCUT2D eigenvalue weighted by Crippen LogP contribution is 2.32. The van der Waals surface area contributed by atoms with Gasteiger partial charge in [0.25, 0.3) is 0 Å². The van der Waals surface area contributed by atoms with Crippen LogP contribution in [0.25, 0.3) is 0 Å². The Labute approximate surface area is 114 Å². The minimum absolute atomic E-state index is 0.0617. The van der Waals surface area contributed by atoms with Crippen LogP contribution in [0.3, 0.4) is 0 Å². The zero-order valence-electron chi connectivity index (χ0n) is 10.6.